The van der Waals surface area contributed by atoms with Crippen LogP contribution in [-0.4, -0.2) is 5.91 Å². The maximum atomic E-state index is 12.0. The third-order valence-corrected chi connectivity index (χ3v) is 3.47. The summed E-state index contributed by atoms with van der Waals surface area (Å²) in [5.41, 5.74) is 3.59. The van der Waals surface area contributed by atoms with E-state index >= 15 is 0 Å². The molecule has 2 aromatic rings. The molecular formula is C18H21NO. The Kier molecular flexibility index (Phi) is 4.94. The van der Waals surface area contributed by atoms with Crippen molar-refractivity contribution >= 4 is 5.91 Å². The second-order valence-electron chi connectivity index (χ2n) is 5.28. The highest BCUT2D eigenvalue weighted by Gasteiger charge is 2.10. The van der Waals surface area contributed by atoms with Crippen molar-refractivity contribution in [3.8, 4) is 0 Å². The Bertz CT molecular complexity index is 545. The summed E-state index contributed by atoms with van der Waals surface area (Å²) in [5, 5.41) is 2.97. The van der Waals surface area contributed by atoms with Gasteiger partial charge in [-0.1, -0.05) is 67.1 Å². The van der Waals surface area contributed by atoms with E-state index in [-0.39, 0.29) is 11.8 Å². The Morgan fingerprint density at radius 1 is 1.05 bits per heavy atom. The van der Waals surface area contributed by atoms with E-state index in [0.717, 1.165) is 5.56 Å². The summed E-state index contributed by atoms with van der Waals surface area (Å²) in [4.78, 5) is 12.0. The predicted molar refractivity (Wildman–Crippen MR) is 82.5 cm³/mol. The smallest absolute Gasteiger partial charge is 0.220 e. The molecule has 0 aliphatic rings. The fraction of sp³-hybridized carbons (Fsp3) is 0.278. The lowest BCUT2D eigenvalue weighted by Crippen LogP contribution is -2.24. The van der Waals surface area contributed by atoms with Crippen LogP contribution in [0.25, 0.3) is 0 Å². The lowest BCUT2D eigenvalue weighted by Gasteiger charge is -2.12. The van der Waals surface area contributed by atoms with E-state index in [9.17, 15) is 4.79 Å². The predicted octanol–water partition coefficient (Wildman–Crippen LogP) is 3.81. The van der Waals surface area contributed by atoms with Crippen LogP contribution in [0.2, 0.25) is 0 Å². The Morgan fingerprint density at radius 2 is 1.70 bits per heavy atom. The summed E-state index contributed by atoms with van der Waals surface area (Å²) in [7, 11) is 0. The molecule has 1 amide bonds. The van der Waals surface area contributed by atoms with E-state index in [1.54, 1.807) is 0 Å². The molecule has 0 unspecified atom stereocenters. The molecule has 0 saturated heterocycles. The Balaban J connectivity index is 1.83. The number of nitrogens with one attached hydrogen (secondary N) is 1. The van der Waals surface area contributed by atoms with Gasteiger partial charge >= 0.3 is 0 Å². The third kappa shape index (κ3) is 4.23. The molecular weight excluding hydrogens is 246 g/mol. The van der Waals surface area contributed by atoms with E-state index in [4.69, 9.17) is 0 Å². The molecule has 1 N–H and O–H groups in total. The van der Waals surface area contributed by atoms with Gasteiger partial charge in [0.2, 0.25) is 5.91 Å². The third-order valence-electron chi connectivity index (χ3n) is 3.47. The molecule has 0 fully saturated rings. The molecule has 0 aromatic heterocycles. The molecule has 0 aliphatic carbocycles. The number of amides is 1. The summed E-state index contributed by atoms with van der Waals surface area (Å²) in [6.45, 7) is 4.76. The Labute approximate surface area is 120 Å². The van der Waals surface area contributed by atoms with Gasteiger partial charge in [-0.25, -0.2) is 0 Å². The van der Waals surface area contributed by atoms with Crippen LogP contribution in [0.5, 0.6) is 0 Å². The fourth-order valence-electron chi connectivity index (χ4n) is 2.16. The van der Waals surface area contributed by atoms with Crippen molar-refractivity contribution in [3.05, 3.63) is 71.3 Å². The molecule has 2 rings (SSSR count). The lowest BCUT2D eigenvalue weighted by atomic mass is 9.96. The maximum absolute atomic E-state index is 12.0. The first-order valence-corrected chi connectivity index (χ1v) is 7.02. The number of benzene rings is 2. The topological polar surface area (TPSA) is 29.1 Å². The lowest BCUT2D eigenvalue weighted by molar-refractivity contribution is -0.121. The highest BCUT2D eigenvalue weighted by molar-refractivity contribution is 5.76. The molecule has 0 aliphatic heterocycles. The van der Waals surface area contributed by atoms with Crippen molar-refractivity contribution in [3.63, 3.8) is 0 Å². The molecule has 0 bridgehead atoms. The summed E-state index contributed by atoms with van der Waals surface area (Å²) >= 11 is 0. The highest BCUT2D eigenvalue weighted by Crippen LogP contribution is 2.19. The zero-order chi connectivity index (χ0) is 14.4. The monoisotopic (exact) mass is 267 g/mol. The molecule has 2 heteroatoms. The second-order valence-corrected chi connectivity index (χ2v) is 5.28. The minimum atomic E-state index is 0.0990. The molecule has 1 atom stereocenters. The molecule has 0 spiro atoms. The van der Waals surface area contributed by atoms with Gasteiger partial charge in [0.15, 0.2) is 0 Å². The number of hydrogen-bond donors (Lipinski definition) is 1. The molecule has 0 radical (unpaired) electrons. The van der Waals surface area contributed by atoms with Gasteiger partial charge < -0.3 is 5.32 Å². The Hall–Kier alpha value is -2.09. The number of rotatable bonds is 5. The standard InChI is InChI=1S/C18H21NO/c1-14-8-10-17(11-9-14)15(2)12-18(20)19-13-16-6-4-3-5-7-16/h3-11,15H,12-13H2,1-2H3,(H,19,20)/t15-/m0/s1. The van der Waals surface area contributed by atoms with Gasteiger partial charge in [-0.05, 0) is 24.0 Å². The van der Waals surface area contributed by atoms with Gasteiger partial charge in [-0.3, -0.25) is 4.79 Å². The largest absolute Gasteiger partial charge is 0.352 e. The summed E-state index contributed by atoms with van der Waals surface area (Å²) in [5.74, 6) is 0.341. The molecule has 2 nitrogen and oxygen atoms in total. The van der Waals surface area contributed by atoms with Crippen LogP contribution in [0, 0.1) is 6.92 Å². The molecule has 104 valence electrons. The van der Waals surface area contributed by atoms with Crippen LogP contribution in [0.4, 0.5) is 0 Å². The normalized spacial score (nSPS) is 11.9. The van der Waals surface area contributed by atoms with E-state index in [1.165, 1.54) is 11.1 Å². The van der Waals surface area contributed by atoms with E-state index < -0.39 is 0 Å². The van der Waals surface area contributed by atoms with Crippen molar-refractivity contribution < 1.29 is 4.79 Å². The number of carbonyl (C=O) groups is 1. The molecule has 0 saturated carbocycles. The van der Waals surface area contributed by atoms with Crippen LogP contribution in [0.15, 0.2) is 54.6 Å². The SMILES string of the molecule is Cc1ccc([C@@H](C)CC(=O)NCc2ccccc2)cc1. The zero-order valence-electron chi connectivity index (χ0n) is 12.1. The van der Waals surface area contributed by atoms with E-state index in [2.05, 4.69) is 43.4 Å². The quantitative estimate of drug-likeness (QED) is 0.877. The molecule has 20 heavy (non-hydrogen) atoms. The first kappa shape index (κ1) is 14.3. The summed E-state index contributed by atoms with van der Waals surface area (Å²) in [6.07, 6.45) is 0.524. The minimum Gasteiger partial charge on any atom is -0.352 e. The average Bonchev–Trinajstić information content (AvgIpc) is 2.47. The Morgan fingerprint density at radius 3 is 2.35 bits per heavy atom. The highest BCUT2D eigenvalue weighted by atomic mass is 16.1. The first-order chi connectivity index (χ1) is 9.65. The number of carbonyl (C=O) groups excluding carboxylic acids is 1. The van der Waals surface area contributed by atoms with Gasteiger partial charge in [0, 0.05) is 13.0 Å². The number of aryl methyl sites for hydroxylation is 1. The van der Waals surface area contributed by atoms with Crippen molar-refractivity contribution in [1.29, 1.82) is 0 Å². The average molecular weight is 267 g/mol. The summed E-state index contributed by atoms with van der Waals surface area (Å²) in [6, 6.07) is 18.4. The second kappa shape index (κ2) is 6.90. The van der Waals surface area contributed by atoms with Crippen molar-refractivity contribution in [2.24, 2.45) is 0 Å². The van der Waals surface area contributed by atoms with Crippen molar-refractivity contribution in [2.45, 2.75) is 32.7 Å². The van der Waals surface area contributed by atoms with Gasteiger partial charge in [-0.2, -0.15) is 0 Å². The van der Waals surface area contributed by atoms with E-state index in [1.807, 2.05) is 30.3 Å². The van der Waals surface area contributed by atoms with Crippen molar-refractivity contribution in [2.75, 3.05) is 0 Å². The minimum absolute atomic E-state index is 0.0990. The molecule has 2 aromatic carbocycles. The van der Waals surface area contributed by atoms with Gasteiger partial charge in [-0.15, -0.1) is 0 Å². The van der Waals surface area contributed by atoms with E-state index in [0.29, 0.717) is 13.0 Å². The van der Waals surface area contributed by atoms with Crippen molar-refractivity contribution in [1.82, 2.24) is 5.32 Å². The van der Waals surface area contributed by atoms with Gasteiger partial charge in [0.25, 0.3) is 0 Å². The van der Waals surface area contributed by atoms with Gasteiger partial charge in [0.1, 0.15) is 0 Å². The first-order valence-electron chi connectivity index (χ1n) is 7.02. The van der Waals surface area contributed by atoms with Gasteiger partial charge in [0.05, 0.1) is 0 Å². The van der Waals surface area contributed by atoms with Crippen LogP contribution in [-0.2, 0) is 11.3 Å². The van der Waals surface area contributed by atoms with Crippen LogP contribution in [0.3, 0.4) is 0 Å². The maximum Gasteiger partial charge on any atom is 0.220 e. The van der Waals surface area contributed by atoms with Crippen LogP contribution in [0.1, 0.15) is 36.0 Å². The number of hydrogen-bond acceptors (Lipinski definition) is 1. The zero-order valence-corrected chi connectivity index (χ0v) is 12.1. The van der Waals surface area contributed by atoms with Crippen LogP contribution < -0.4 is 5.32 Å². The summed E-state index contributed by atoms with van der Waals surface area (Å²) < 4.78 is 0. The molecule has 0 heterocycles. The fourth-order valence-corrected chi connectivity index (χ4v) is 2.16. The van der Waals surface area contributed by atoms with Crippen LogP contribution >= 0.6 is 0 Å².